The first-order chi connectivity index (χ1) is 13.9. The van der Waals surface area contributed by atoms with Crippen LogP contribution >= 0.6 is 0 Å². The lowest BCUT2D eigenvalue weighted by Gasteiger charge is -2.08. The highest BCUT2D eigenvalue weighted by atomic mass is 16.5. The number of phenols is 1. The van der Waals surface area contributed by atoms with Gasteiger partial charge in [-0.3, -0.25) is 4.79 Å². The quantitative estimate of drug-likeness (QED) is 0.485. The van der Waals surface area contributed by atoms with E-state index in [9.17, 15) is 9.90 Å². The lowest BCUT2D eigenvalue weighted by Crippen LogP contribution is -2.02. The third-order valence-corrected chi connectivity index (χ3v) is 4.61. The standard InChI is InChI=1S/C25H26O4/c1-17(2)8-7-9-18(3)12-13-28-20-14-21(26)25-22(27)16-23(29-24(25)15-20)19-10-5-4-6-11-19/h4-6,8,10-12,14-16,26H,7,9,13H2,1-3H3/b18-12+. The molecule has 0 saturated heterocycles. The lowest BCUT2D eigenvalue weighted by atomic mass is 10.1. The molecule has 0 atom stereocenters. The van der Waals surface area contributed by atoms with E-state index in [1.54, 1.807) is 6.07 Å². The van der Waals surface area contributed by atoms with Gasteiger partial charge in [0.15, 0.2) is 5.43 Å². The average Bonchev–Trinajstić information content (AvgIpc) is 2.67. The fourth-order valence-corrected chi connectivity index (χ4v) is 3.04. The van der Waals surface area contributed by atoms with Crippen molar-refractivity contribution in [2.24, 2.45) is 0 Å². The molecular weight excluding hydrogens is 364 g/mol. The van der Waals surface area contributed by atoms with Crippen LogP contribution in [0, 0.1) is 0 Å². The zero-order chi connectivity index (χ0) is 20.8. The fourth-order valence-electron chi connectivity index (χ4n) is 3.04. The molecule has 0 bridgehead atoms. The normalized spacial score (nSPS) is 11.5. The van der Waals surface area contributed by atoms with Gasteiger partial charge in [-0.1, -0.05) is 47.6 Å². The van der Waals surface area contributed by atoms with E-state index in [0.29, 0.717) is 23.7 Å². The number of hydrogen-bond acceptors (Lipinski definition) is 4. The summed E-state index contributed by atoms with van der Waals surface area (Å²) in [4.78, 5) is 12.5. The van der Waals surface area contributed by atoms with Gasteiger partial charge >= 0.3 is 0 Å². The van der Waals surface area contributed by atoms with Gasteiger partial charge in [0, 0.05) is 23.8 Å². The lowest BCUT2D eigenvalue weighted by molar-refractivity contribution is 0.358. The highest BCUT2D eigenvalue weighted by Gasteiger charge is 2.12. The van der Waals surface area contributed by atoms with Gasteiger partial charge in [-0.25, -0.2) is 0 Å². The molecular formula is C25H26O4. The largest absolute Gasteiger partial charge is 0.507 e. The second-order valence-electron chi connectivity index (χ2n) is 7.34. The molecule has 0 aliphatic rings. The van der Waals surface area contributed by atoms with Gasteiger partial charge in [-0.05, 0) is 39.7 Å². The first kappa shape index (κ1) is 20.5. The Morgan fingerprint density at radius 3 is 2.55 bits per heavy atom. The van der Waals surface area contributed by atoms with Crippen LogP contribution in [-0.4, -0.2) is 11.7 Å². The van der Waals surface area contributed by atoms with E-state index in [2.05, 4.69) is 26.8 Å². The topological polar surface area (TPSA) is 59.7 Å². The molecule has 150 valence electrons. The first-order valence-electron chi connectivity index (χ1n) is 9.72. The fraction of sp³-hybridized carbons (Fsp3) is 0.240. The van der Waals surface area contributed by atoms with Crippen molar-refractivity contribution in [3.8, 4) is 22.8 Å². The Morgan fingerprint density at radius 1 is 1.07 bits per heavy atom. The molecule has 0 aliphatic heterocycles. The van der Waals surface area contributed by atoms with Crippen LogP contribution in [0.15, 0.2) is 81.0 Å². The summed E-state index contributed by atoms with van der Waals surface area (Å²) < 4.78 is 11.7. The Bertz CT molecular complexity index is 1100. The van der Waals surface area contributed by atoms with Crippen molar-refractivity contribution in [1.82, 2.24) is 0 Å². The molecule has 0 unspecified atom stereocenters. The maximum atomic E-state index is 12.5. The maximum absolute atomic E-state index is 12.5. The SMILES string of the molecule is CC(C)=CCC/C(C)=C/COc1cc(O)c2c(=O)cc(-c3ccccc3)oc2c1. The molecule has 0 saturated carbocycles. The Morgan fingerprint density at radius 2 is 1.83 bits per heavy atom. The van der Waals surface area contributed by atoms with E-state index < -0.39 is 0 Å². The summed E-state index contributed by atoms with van der Waals surface area (Å²) in [5.41, 5.74) is 3.37. The zero-order valence-corrected chi connectivity index (χ0v) is 17.1. The minimum Gasteiger partial charge on any atom is -0.507 e. The smallest absolute Gasteiger partial charge is 0.197 e. The Hall–Kier alpha value is -3.27. The van der Waals surface area contributed by atoms with E-state index in [-0.39, 0.29) is 16.6 Å². The van der Waals surface area contributed by atoms with Crippen LogP contribution in [0.25, 0.3) is 22.3 Å². The minimum absolute atomic E-state index is 0.143. The van der Waals surface area contributed by atoms with Gasteiger partial charge in [0.2, 0.25) is 0 Å². The molecule has 0 fully saturated rings. The zero-order valence-electron chi connectivity index (χ0n) is 17.1. The summed E-state index contributed by atoms with van der Waals surface area (Å²) in [6, 6.07) is 13.9. The average molecular weight is 390 g/mol. The van der Waals surface area contributed by atoms with Crippen LogP contribution < -0.4 is 10.2 Å². The molecule has 4 nitrogen and oxygen atoms in total. The van der Waals surface area contributed by atoms with E-state index >= 15 is 0 Å². The third kappa shape index (κ3) is 5.38. The number of phenolic OH excluding ortho intramolecular Hbond substituents is 1. The number of fused-ring (bicyclic) bond motifs is 1. The van der Waals surface area contributed by atoms with Crippen molar-refractivity contribution in [3.05, 3.63) is 82.1 Å². The summed E-state index contributed by atoms with van der Waals surface area (Å²) in [5, 5.41) is 10.5. The van der Waals surface area contributed by atoms with Crippen molar-refractivity contribution >= 4 is 11.0 Å². The second kappa shape index (κ2) is 9.28. The second-order valence-corrected chi connectivity index (χ2v) is 7.34. The maximum Gasteiger partial charge on any atom is 0.197 e. The summed E-state index contributed by atoms with van der Waals surface area (Å²) >= 11 is 0. The highest BCUT2D eigenvalue weighted by molar-refractivity contribution is 5.86. The summed E-state index contributed by atoms with van der Waals surface area (Å²) in [5.74, 6) is 0.765. The molecule has 1 N–H and O–H groups in total. The Kier molecular flexibility index (Phi) is 6.55. The molecule has 3 aromatic rings. The van der Waals surface area contributed by atoms with Gasteiger partial charge in [0.05, 0.1) is 0 Å². The highest BCUT2D eigenvalue weighted by Crippen LogP contribution is 2.31. The van der Waals surface area contributed by atoms with Gasteiger partial charge in [0.1, 0.15) is 34.8 Å². The monoisotopic (exact) mass is 390 g/mol. The van der Waals surface area contributed by atoms with Crippen LogP contribution in [-0.2, 0) is 0 Å². The molecule has 1 heterocycles. The summed E-state index contributed by atoms with van der Waals surface area (Å²) in [6.45, 7) is 6.64. The Labute approximate surface area is 170 Å². The van der Waals surface area contributed by atoms with Gasteiger partial charge in [0.25, 0.3) is 0 Å². The van der Waals surface area contributed by atoms with Crippen molar-refractivity contribution in [3.63, 3.8) is 0 Å². The molecule has 0 aliphatic carbocycles. The first-order valence-corrected chi connectivity index (χ1v) is 9.72. The molecule has 4 heteroatoms. The number of aromatic hydroxyl groups is 1. The van der Waals surface area contributed by atoms with Crippen LogP contribution in [0.3, 0.4) is 0 Å². The van der Waals surface area contributed by atoms with E-state index in [1.807, 2.05) is 36.4 Å². The third-order valence-electron chi connectivity index (χ3n) is 4.61. The number of rotatable bonds is 7. The van der Waals surface area contributed by atoms with Gasteiger partial charge in [-0.15, -0.1) is 0 Å². The van der Waals surface area contributed by atoms with Crippen LogP contribution in [0.4, 0.5) is 0 Å². The molecule has 3 rings (SSSR count). The number of benzene rings is 2. The van der Waals surface area contributed by atoms with Crippen LogP contribution in [0.1, 0.15) is 33.6 Å². The molecule has 29 heavy (non-hydrogen) atoms. The van der Waals surface area contributed by atoms with E-state index in [4.69, 9.17) is 9.15 Å². The van der Waals surface area contributed by atoms with Crippen LogP contribution in [0.2, 0.25) is 0 Å². The number of ether oxygens (including phenoxy) is 1. The molecule has 2 aromatic carbocycles. The van der Waals surface area contributed by atoms with Crippen molar-refractivity contribution in [2.45, 2.75) is 33.6 Å². The number of allylic oxidation sites excluding steroid dienone is 3. The van der Waals surface area contributed by atoms with Crippen molar-refractivity contribution < 1.29 is 14.3 Å². The molecule has 0 spiro atoms. The summed E-state index contributed by atoms with van der Waals surface area (Å²) in [6.07, 6.45) is 6.23. The van der Waals surface area contributed by atoms with E-state index in [0.717, 1.165) is 18.4 Å². The van der Waals surface area contributed by atoms with Crippen LogP contribution in [0.5, 0.6) is 11.5 Å². The van der Waals surface area contributed by atoms with E-state index in [1.165, 1.54) is 23.3 Å². The number of hydrogen-bond donors (Lipinski definition) is 1. The van der Waals surface area contributed by atoms with Crippen molar-refractivity contribution in [1.29, 1.82) is 0 Å². The Balaban J connectivity index is 1.81. The predicted octanol–water partition coefficient (Wildman–Crippen LogP) is 6.24. The van der Waals surface area contributed by atoms with Gasteiger partial charge < -0.3 is 14.3 Å². The summed E-state index contributed by atoms with van der Waals surface area (Å²) in [7, 11) is 0. The van der Waals surface area contributed by atoms with Gasteiger partial charge in [-0.2, -0.15) is 0 Å². The predicted molar refractivity (Wildman–Crippen MR) is 118 cm³/mol. The molecule has 0 amide bonds. The molecule has 0 radical (unpaired) electrons. The minimum atomic E-state index is -0.288. The molecule has 1 aromatic heterocycles. The van der Waals surface area contributed by atoms with Crippen molar-refractivity contribution in [2.75, 3.05) is 6.61 Å².